The summed E-state index contributed by atoms with van der Waals surface area (Å²) in [5, 5.41) is 3.49. The SMILES string of the molecule is CCCNC(c1ccc(S(C)(=O)=O)cc1)C(C)C. The van der Waals surface area contributed by atoms with Gasteiger partial charge in [0.15, 0.2) is 9.84 Å². The van der Waals surface area contributed by atoms with E-state index >= 15 is 0 Å². The molecule has 0 heterocycles. The minimum absolute atomic E-state index is 0.276. The number of rotatable bonds is 6. The second-order valence-corrected chi connectivity index (χ2v) is 7.03. The van der Waals surface area contributed by atoms with Crippen molar-refractivity contribution in [1.82, 2.24) is 5.32 Å². The normalized spacial score (nSPS) is 13.8. The van der Waals surface area contributed by atoms with E-state index in [2.05, 4.69) is 26.1 Å². The van der Waals surface area contributed by atoms with Crippen LogP contribution in [0, 0.1) is 5.92 Å². The Bertz CT molecular complexity index is 463. The fourth-order valence-corrected chi connectivity index (χ4v) is 2.59. The topological polar surface area (TPSA) is 46.2 Å². The van der Waals surface area contributed by atoms with E-state index in [9.17, 15) is 8.42 Å². The van der Waals surface area contributed by atoms with Crippen LogP contribution in [0.4, 0.5) is 0 Å². The highest BCUT2D eigenvalue weighted by atomic mass is 32.2. The molecule has 1 aromatic carbocycles. The molecule has 1 N–H and O–H groups in total. The Balaban J connectivity index is 2.94. The van der Waals surface area contributed by atoms with Crippen LogP contribution in [0.1, 0.15) is 38.8 Å². The van der Waals surface area contributed by atoms with Gasteiger partial charge in [0.2, 0.25) is 0 Å². The van der Waals surface area contributed by atoms with Gasteiger partial charge >= 0.3 is 0 Å². The van der Waals surface area contributed by atoms with Gasteiger partial charge in [0.05, 0.1) is 4.90 Å². The minimum atomic E-state index is -3.10. The Morgan fingerprint density at radius 1 is 1.17 bits per heavy atom. The summed E-state index contributed by atoms with van der Waals surface area (Å²) in [6.45, 7) is 7.43. The van der Waals surface area contributed by atoms with Gasteiger partial charge in [0.1, 0.15) is 0 Å². The average molecular weight is 269 g/mol. The molecule has 0 amide bonds. The molecule has 0 saturated heterocycles. The van der Waals surface area contributed by atoms with E-state index < -0.39 is 9.84 Å². The number of benzene rings is 1. The van der Waals surface area contributed by atoms with Gasteiger partial charge in [-0.25, -0.2) is 8.42 Å². The molecule has 0 spiro atoms. The Morgan fingerprint density at radius 3 is 2.11 bits per heavy atom. The third-order valence-corrected chi connectivity index (χ3v) is 4.08. The first-order chi connectivity index (χ1) is 8.36. The van der Waals surface area contributed by atoms with E-state index in [0.717, 1.165) is 18.5 Å². The van der Waals surface area contributed by atoms with Crippen molar-refractivity contribution >= 4 is 9.84 Å². The van der Waals surface area contributed by atoms with Crippen molar-refractivity contribution in [3.05, 3.63) is 29.8 Å². The number of nitrogens with one attached hydrogen (secondary N) is 1. The molecule has 102 valence electrons. The quantitative estimate of drug-likeness (QED) is 0.863. The molecular formula is C14H23NO2S. The fraction of sp³-hybridized carbons (Fsp3) is 0.571. The second kappa shape index (κ2) is 6.34. The lowest BCUT2D eigenvalue weighted by Gasteiger charge is -2.23. The number of hydrogen-bond donors (Lipinski definition) is 1. The van der Waals surface area contributed by atoms with Gasteiger partial charge in [-0.3, -0.25) is 0 Å². The van der Waals surface area contributed by atoms with Crippen LogP contribution >= 0.6 is 0 Å². The third kappa shape index (κ3) is 4.10. The first-order valence-electron chi connectivity index (χ1n) is 6.39. The van der Waals surface area contributed by atoms with Crippen LogP contribution in [0.2, 0.25) is 0 Å². The smallest absolute Gasteiger partial charge is 0.175 e. The summed E-state index contributed by atoms with van der Waals surface area (Å²) in [5.41, 5.74) is 1.14. The molecule has 0 aliphatic rings. The summed E-state index contributed by atoms with van der Waals surface area (Å²) >= 11 is 0. The summed E-state index contributed by atoms with van der Waals surface area (Å²) in [5.74, 6) is 0.473. The molecule has 1 rings (SSSR count). The van der Waals surface area contributed by atoms with Crippen LogP contribution in [0.15, 0.2) is 29.2 Å². The highest BCUT2D eigenvalue weighted by Gasteiger charge is 2.15. The van der Waals surface area contributed by atoms with Crippen molar-refractivity contribution in [1.29, 1.82) is 0 Å². The molecule has 3 nitrogen and oxygen atoms in total. The lowest BCUT2D eigenvalue weighted by Crippen LogP contribution is -2.26. The molecule has 1 aromatic rings. The van der Waals surface area contributed by atoms with Crippen LogP contribution < -0.4 is 5.32 Å². The van der Waals surface area contributed by atoms with Gasteiger partial charge in [-0.2, -0.15) is 0 Å². The van der Waals surface area contributed by atoms with E-state index in [0.29, 0.717) is 10.8 Å². The fourth-order valence-electron chi connectivity index (χ4n) is 1.96. The Hall–Kier alpha value is -0.870. The van der Waals surface area contributed by atoms with Gasteiger partial charge < -0.3 is 5.32 Å². The van der Waals surface area contributed by atoms with Crippen molar-refractivity contribution in [2.45, 2.75) is 38.1 Å². The van der Waals surface area contributed by atoms with Crippen molar-refractivity contribution < 1.29 is 8.42 Å². The van der Waals surface area contributed by atoms with Crippen molar-refractivity contribution in [2.75, 3.05) is 12.8 Å². The zero-order chi connectivity index (χ0) is 13.8. The third-order valence-electron chi connectivity index (χ3n) is 2.95. The maximum atomic E-state index is 11.4. The molecule has 0 bridgehead atoms. The Labute approximate surface area is 111 Å². The highest BCUT2D eigenvalue weighted by Crippen LogP contribution is 2.23. The summed E-state index contributed by atoms with van der Waals surface area (Å²) < 4.78 is 22.8. The largest absolute Gasteiger partial charge is 0.310 e. The molecule has 0 radical (unpaired) electrons. The molecule has 1 unspecified atom stereocenters. The standard InChI is InChI=1S/C14H23NO2S/c1-5-10-15-14(11(2)3)12-6-8-13(9-7-12)18(4,16)17/h6-9,11,14-15H,5,10H2,1-4H3. The zero-order valence-electron chi connectivity index (χ0n) is 11.6. The van der Waals surface area contributed by atoms with Crippen LogP contribution in [0.25, 0.3) is 0 Å². The number of sulfone groups is 1. The lowest BCUT2D eigenvalue weighted by molar-refractivity contribution is 0.412. The summed E-state index contributed by atoms with van der Waals surface area (Å²) in [4.78, 5) is 0.379. The maximum absolute atomic E-state index is 11.4. The summed E-state index contributed by atoms with van der Waals surface area (Å²) in [6, 6.07) is 7.47. The molecule has 0 aliphatic heterocycles. The molecular weight excluding hydrogens is 246 g/mol. The molecule has 0 aliphatic carbocycles. The molecule has 0 aromatic heterocycles. The second-order valence-electron chi connectivity index (χ2n) is 5.02. The van der Waals surface area contributed by atoms with E-state index in [1.807, 2.05) is 12.1 Å². The van der Waals surface area contributed by atoms with Crippen LogP contribution in [-0.4, -0.2) is 21.2 Å². The van der Waals surface area contributed by atoms with Gasteiger partial charge in [-0.1, -0.05) is 32.9 Å². The van der Waals surface area contributed by atoms with Crippen molar-refractivity contribution in [3.63, 3.8) is 0 Å². The van der Waals surface area contributed by atoms with Crippen LogP contribution in [0.5, 0.6) is 0 Å². The first kappa shape index (κ1) is 15.2. The lowest BCUT2D eigenvalue weighted by atomic mass is 9.96. The zero-order valence-corrected chi connectivity index (χ0v) is 12.4. The van der Waals surface area contributed by atoms with E-state index in [1.54, 1.807) is 12.1 Å². The van der Waals surface area contributed by atoms with Gasteiger partial charge in [-0.05, 0) is 36.6 Å². The average Bonchev–Trinajstić information content (AvgIpc) is 2.28. The maximum Gasteiger partial charge on any atom is 0.175 e. The van der Waals surface area contributed by atoms with Crippen molar-refractivity contribution in [2.24, 2.45) is 5.92 Å². The van der Waals surface area contributed by atoms with Crippen LogP contribution in [0.3, 0.4) is 0 Å². The Morgan fingerprint density at radius 2 is 1.72 bits per heavy atom. The van der Waals surface area contributed by atoms with Gasteiger partial charge in [0.25, 0.3) is 0 Å². The summed E-state index contributed by atoms with van der Waals surface area (Å²) in [6.07, 6.45) is 2.32. The Kier molecular flexibility index (Phi) is 5.35. The van der Waals surface area contributed by atoms with E-state index in [1.165, 1.54) is 6.26 Å². The molecule has 1 atom stereocenters. The van der Waals surface area contributed by atoms with E-state index in [4.69, 9.17) is 0 Å². The van der Waals surface area contributed by atoms with Gasteiger partial charge in [0, 0.05) is 12.3 Å². The predicted molar refractivity (Wildman–Crippen MR) is 75.4 cm³/mol. The highest BCUT2D eigenvalue weighted by molar-refractivity contribution is 7.90. The molecule has 18 heavy (non-hydrogen) atoms. The molecule has 4 heteroatoms. The van der Waals surface area contributed by atoms with E-state index in [-0.39, 0.29) is 6.04 Å². The van der Waals surface area contributed by atoms with Gasteiger partial charge in [-0.15, -0.1) is 0 Å². The predicted octanol–water partition coefficient (Wildman–Crippen LogP) is 2.79. The molecule has 0 fully saturated rings. The van der Waals surface area contributed by atoms with Crippen molar-refractivity contribution in [3.8, 4) is 0 Å². The van der Waals surface area contributed by atoms with Crippen LogP contribution in [-0.2, 0) is 9.84 Å². The minimum Gasteiger partial charge on any atom is -0.310 e. The summed E-state index contributed by atoms with van der Waals surface area (Å²) in [7, 11) is -3.10. The number of hydrogen-bond acceptors (Lipinski definition) is 3. The first-order valence-corrected chi connectivity index (χ1v) is 8.28. The molecule has 0 saturated carbocycles. The monoisotopic (exact) mass is 269 g/mol.